The lowest BCUT2D eigenvalue weighted by Crippen LogP contribution is -2.37. The van der Waals surface area contributed by atoms with Crippen molar-refractivity contribution >= 4 is 27.8 Å². The molecule has 1 atom stereocenters. The Balaban J connectivity index is 2.39. The maximum atomic E-state index is 11.6. The van der Waals surface area contributed by atoms with Gasteiger partial charge in [0.25, 0.3) is 0 Å². The number of carbonyl (C=O) groups is 2. The van der Waals surface area contributed by atoms with Crippen molar-refractivity contribution in [1.82, 2.24) is 5.32 Å². The number of benzene rings is 1. The fourth-order valence-electron chi connectivity index (χ4n) is 1.69. The zero-order chi connectivity index (χ0) is 15.1. The predicted octanol–water partition coefficient (Wildman–Crippen LogP) is 1.91. The highest BCUT2D eigenvalue weighted by Gasteiger charge is 2.16. The van der Waals surface area contributed by atoms with E-state index in [1.807, 2.05) is 25.1 Å². The van der Waals surface area contributed by atoms with Gasteiger partial charge >= 0.3 is 5.97 Å². The smallest absolute Gasteiger partial charge is 0.334 e. The lowest BCUT2D eigenvalue weighted by Gasteiger charge is -2.11. The third-order valence-electron chi connectivity index (χ3n) is 2.91. The van der Waals surface area contributed by atoms with Gasteiger partial charge < -0.3 is 15.2 Å². The number of aryl methyl sites for hydroxylation is 2. The van der Waals surface area contributed by atoms with E-state index in [9.17, 15) is 9.59 Å². The van der Waals surface area contributed by atoms with Crippen LogP contribution >= 0.6 is 15.9 Å². The third-order valence-corrected chi connectivity index (χ3v) is 3.80. The molecular weight excluding hydrogens is 326 g/mol. The fraction of sp³-hybridized carbons (Fsp3) is 0.429. The summed E-state index contributed by atoms with van der Waals surface area (Å²) in [5.74, 6) is -1.27. The van der Waals surface area contributed by atoms with Crippen LogP contribution in [0.1, 0.15) is 17.5 Å². The summed E-state index contributed by atoms with van der Waals surface area (Å²) in [5.41, 5.74) is 2.19. The number of carboxylic acid groups (broad SMARTS) is 1. The van der Waals surface area contributed by atoms with E-state index >= 15 is 0 Å². The van der Waals surface area contributed by atoms with Crippen molar-refractivity contribution in [3.05, 3.63) is 33.8 Å². The Bertz CT molecular complexity index is 490. The first-order valence-electron chi connectivity index (χ1n) is 6.21. The molecule has 1 rings (SSSR count). The SMILES string of the molecule is COC(CNC(=O)CCc1ccc(Br)c(C)c1)C(=O)O. The number of halogens is 1. The molecule has 0 bridgehead atoms. The molecule has 1 amide bonds. The average molecular weight is 344 g/mol. The molecule has 110 valence electrons. The zero-order valence-electron chi connectivity index (χ0n) is 11.5. The second kappa shape index (κ2) is 8.01. The van der Waals surface area contributed by atoms with Crippen LogP contribution in [-0.2, 0) is 20.7 Å². The maximum absolute atomic E-state index is 11.6. The molecule has 0 aliphatic rings. The van der Waals surface area contributed by atoms with Crippen LogP contribution in [0.15, 0.2) is 22.7 Å². The van der Waals surface area contributed by atoms with Gasteiger partial charge in [-0.3, -0.25) is 4.79 Å². The number of carboxylic acids is 1. The molecule has 0 spiro atoms. The molecule has 1 aromatic rings. The summed E-state index contributed by atoms with van der Waals surface area (Å²) < 4.78 is 5.77. The van der Waals surface area contributed by atoms with Crippen molar-refractivity contribution in [2.24, 2.45) is 0 Å². The van der Waals surface area contributed by atoms with E-state index in [-0.39, 0.29) is 12.5 Å². The zero-order valence-corrected chi connectivity index (χ0v) is 13.1. The van der Waals surface area contributed by atoms with Crippen LogP contribution in [0.3, 0.4) is 0 Å². The minimum absolute atomic E-state index is 0.0238. The summed E-state index contributed by atoms with van der Waals surface area (Å²) in [5, 5.41) is 11.3. The Hall–Kier alpha value is -1.40. The van der Waals surface area contributed by atoms with Crippen molar-refractivity contribution in [2.45, 2.75) is 25.9 Å². The van der Waals surface area contributed by atoms with Crippen molar-refractivity contribution in [3.63, 3.8) is 0 Å². The Morgan fingerprint density at radius 3 is 2.70 bits per heavy atom. The van der Waals surface area contributed by atoms with Crippen LogP contribution in [0.25, 0.3) is 0 Å². The average Bonchev–Trinajstić information content (AvgIpc) is 2.40. The molecule has 0 heterocycles. The molecule has 0 aromatic heterocycles. The number of hydrogen-bond donors (Lipinski definition) is 2. The van der Waals surface area contributed by atoms with Gasteiger partial charge in [-0.2, -0.15) is 0 Å². The Morgan fingerprint density at radius 1 is 1.45 bits per heavy atom. The Morgan fingerprint density at radius 2 is 2.15 bits per heavy atom. The van der Waals surface area contributed by atoms with Crippen LogP contribution in [0.4, 0.5) is 0 Å². The van der Waals surface area contributed by atoms with E-state index in [1.165, 1.54) is 7.11 Å². The number of hydrogen-bond acceptors (Lipinski definition) is 3. The molecule has 0 saturated carbocycles. The van der Waals surface area contributed by atoms with Crippen LogP contribution in [0, 0.1) is 6.92 Å². The first-order chi connectivity index (χ1) is 9.43. The molecule has 1 unspecified atom stereocenters. The minimum Gasteiger partial charge on any atom is -0.479 e. The minimum atomic E-state index is -1.09. The van der Waals surface area contributed by atoms with Gasteiger partial charge in [-0.1, -0.05) is 28.1 Å². The topological polar surface area (TPSA) is 75.6 Å². The van der Waals surface area contributed by atoms with Gasteiger partial charge in [-0.05, 0) is 30.5 Å². The molecule has 0 aliphatic heterocycles. The van der Waals surface area contributed by atoms with E-state index in [2.05, 4.69) is 21.2 Å². The maximum Gasteiger partial charge on any atom is 0.334 e. The van der Waals surface area contributed by atoms with Crippen molar-refractivity contribution in [1.29, 1.82) is 0 Å². The van der Waals surface area contributed by atoms with E-state index in [4.69, 9.17) is 9.84 Å². The highest BCUT2D eigenvalue weighted by Crippen LogP contribution is 2.17. The first-order valence-corrected chi connectivity index (χ1v) is 7.00. The fourth-order valence-corrected chi connectivity index (χ4v) is 1.93. The van der Waals surface area contributed by atoms with Crippen LogP contribution < -0.4 is 5.32 Å². The normalized spacial score (nSPS) is 11.9. The molecular formula is C14H18BrNO4. The number of rotatable bonds is 7. The third kappa shape index (κ3) is 5.30. The number of amides is 1. The summed E-state index contributed by atoms with van der Waals surface area (Å²) in [6, 6.07) is 5.93. The number of ether oxygens (including phenoxy) is 1. The molecule has 1 aromatic carbocycles. The van der Waals surface area contributed by atoms with E-state index in [0.717, 1.165) is 15.6 Å². The second-order valence-corrected chi connectivity index (χ2v) is 5.30. The molecule has 0 saturated heterocycles. The van der Waals surface area contributed by atoms with Crippen LogP contribution in [0.5, 0.6) is 0 Å². The summed E-state index contributed by atoms with van der Waals surface area (Å²) in [4.78, 5) is 22.4. The molecule has 0 fully saturated rings. The van der Waals surface area contributed by atoms with Gasteiger partial charge in [-0.25, -0.2) is 4.79 Å². The summed E-state index contributed by atoms with van der Waals surface area (Å²) in [6.07, 6.45) is -0.0733. The van der Waals surface area contributed by atoms with Crippen LogP contribution in [-0.4, -0.2) is 36.7 Å². The highest BCUT2D eigenvalue weighted by molar-refractivity contribution is 9.10. The molecule has 2 N–H and O–H groups in total. The van der Waals surface area contributed by atoms with E-state index < -0.39 is 12.1 Å². The monoisotopic (exact) mass is 343 g/mol. The van der Waals surface area contributed by atoms with Gasteiger partial charge in [-0.15, -0.1) is 0 Å². The molecule has 20 heavy (non-hydrogen) atoms. The predicted molar refractivity (Wildman–Crippen MR) is 78.6 cm³/mol. The van der Waals surface area contributed by atoms with Crippen molar-refractivity contribution in [3.8, 4) is 0 Å². The highest BCUT2D eigenvalue weighted by atomic mass is 79.9. The molecule has 6 heteroatoms. The van der Waals surface area contributed by atoms with Gasteiger partial charge in [0, 0.05) is 18.0 Å². The number of carbonyl (C=O) groups excluding carboxylic acids is 1. The number of methoxy groups -OCH3 is 1. The summed E-state index contributed by atoms with van der Waals surface area (Å²) in [7, 11) is 1.30. The summed E-state index contributed by atoms with van der Waals surface area (Å²) in [6.45, 7) is 1.97. The van der Waals surface area contributed by atoms with Crippen molar-refractivity contribution < 1.29 is 19.4 Å². The second-order valence-electron chi connectivity index (χ2n) is 4.45. The number of nitrogens with one attached hydrogen (secondary N) is 1. The molecule has 0 radical (unpaired) electrons. The van der Waals surface area contributed by atoms with Crippen LogP contribution in [0.2, 0.25) is 0 Å². The van der Waals surface area contributed by atoms with Gasteiger partial charge in [0.15, 0.2) is 6.10 Å². The Labute approximate surface area is 126 Å². The Kier molecular flexibility index (Phi) is 6.67. The van der Waals surface area contributed by atoms with Gasteiger partial charge in [0.05, 0.1) is 6.54 Å². The molecule has 0 aliphatic carbocycles. The first kappa shape index (κ1) is 16.7. The van der Waals surface area contributed by atoms with Gasteiger partial charge in [0.2, 0.25) is 5.91 Å². The quantitative estimate of drug-likeness (QED) is 0.792. The lowest BCUT2D eigenvalue weighted by atomic mass is 10.1. The largest absolute Gasteiger partial charge is 0.479 e. The molecule has 5 nitrogen and oxygen atoms in total. The number of aliphatic carboxylic acids is 1. The standard InChI is InChI=1S/C14H18BrNO4/c1-9-7-10(3-5-11(9)15)4-6-13(17)16-8-12(20-2)14(18)19/h3,5,7,12H,4,6,8H2,1-2H3,(H,16,17)(H,18,19). The van der Waals surface area contributed by atoms with E-state index in [1.54, 1.807) is 0 Å². The van der Waals surface area contributed by atoms with E-state index in [0.29, 0.717) is 12.8 Å². The summed E-state index contributed by atoms with van der Waals surface area (Å²) >= 11 is 3.42. The van der Waals surface area contributed by atoms with Gasteiger partial charge in [0.1, 0.15) is 0 Å². The lowest BCUT2D eigenvalue weighted by molar-refractivity contribution is -0.148. The van der Waals surface area contributed by atoms with Crippen molar-refractivity contribution in [2.75, 3.05) is 13.7 Å².